The summed E-state index contributed by atoms with van der Waals surface area (Å²) in [6, 6.07) is 1.90. The largest absolute Gasteiger partial charge is 0.445 e. The van der Waals surface area contributed by atoms with Gasteiger partial charge in [-0.1, -0.05) is 11.6 Å². The van der Waals surface area contributed by atoms with Gasteiger partial charge in [0.15, 0.2) is 10.8 Å². The fourth-order valence-corrected chi connectivity index (χ4v) is 2.90. The number of aryl methyl sites for hydroxylation is 2. The van der Waals surface area contributed by atoms with E-state index in [1.807, 2.05) is 19.9 Å². The van der Waals surface area contributed by atoms with Crippen LogP contribution in [0.15, 0.2) is 11.4 Å². The molecule has 2 nitrogen and oxygen atoms in total. The number of benzene rings is 1. The summed E-state index contributed by atoms with van der Waals surface area (Å²) in [7, 11) is 0. The molecule has 0 aliphatic carbocycles. The Morgan fingerprint density at radius 2 is 1.78 bits per heavy atom. The van der Waals surface area contributed by atoms with Gasteiger partial charge < -0.3 is 10.5 Å². The van der Waals surface area contributed by atoms with Crippen LogP contribution in [0, 0.1) is 27.7 Å². The molecule has 0 aliphatic rings. The van der Waals surface area contributed by atoms with Crippen LogP contribution >= 0.6 is 22.9 Å². The molecule has 0 bridgehead atoms. The Balaban J connectivity index is 2.47. The number of anilines is 1. The van der Waals surface area contributed by atoms with Crippen molar-refractivity contribution in [2.24, 2.45) is 0 Å². The lowest BCUT2D eigenvalue weighted by Crippen LogP contribution is -1.96. The molecule has 2 rings (SSSR count). The highest BCUT2D eigenvalue weighted by molar-refractivity contribution is 7.12. The zero-order valence-corrected chi connectivity index (χ0v) is 12.5. The Morgan fingerprint density at radius 1 is 1.11 bits per heavy atom. The van der Waals surface area contributed by atoms with Crippen molar-refractivity contribution >= 4 is 28.6 Å². The molecule has 0 spiro atoms. The van der Waals surface area contributed by atoms with E-state index in [4.69, 9.17) is 22.1 Å². The number of hydrogen-bond acceptors (Lipinski definition) is 3. The highest BCUT2D eigenvalue weighted by atomic mass is 35.5. The molecule has 0 fully saturated rings. The van der Waals surface area contributed by atoms with Crippen molar-refractivity contribution in [1.29, 1.82) is 0 Å². The fraction of sp³-hybridized carbons (Fsp3) is 0.286. The fourth-order valence-electron chi connectivity index (χ4n) is 1.68. The van der Waals surface area contributed by atoms with Gasteiger partial charge in [-0.15, -0.1) is 11.3 Å². The summed E-state index contributed by atoms with van der Waals surface area (Å²) < 4.78 is 5.96. The molecule has 1 heterocycles. The van der Waals surface area contributed by atoms with Crippen molar-refractivity contribution in [3.05, 3.63) is 38.7 Å². The summed E-state index contributed by atoms with van der Waals surface area (Å²) in [6.07, 6.45) is 0. The van der Waals surface area contributed by atoms with Gasteiger partial charge >= 0.3 is 0 Å². The minimum Gasteiger partial charge on any atom is -0.445 e. The minimum atomic E-state index is 0.595. The number of thiophene rings is 1. The van der Waals surface area contributed by atoms with Crippen LogP contribution in [0.2, 0.25) is 5.02 Å². The first-order valence-corrected chi connectivity index (χ1v) is 6.95. The summed E-state index contributed by atoms with van der Waals surface area (Å²) in [5.41, 5.74) is 10.8. The zero-order valence-electron chi connectivity index (χ0n) is 10.9. The topological polar surface area (TPSA) is 35.2 Å². The third kappa shape index (κ3) is 2.20. The van der Waals surface area contributed by atoms with Crippen LogP contribution in [0.25, 0.3) is 0 Å². The molecule has 0 saturated carbocycles. The van der Waals surface area contributed by atoms with Crippen LogP contribution in [0.4, 0.5) is 5.69 Å². The first-order chi connectivity index (χ1) is 8.41. The molecule has 2 N–H and O–H groups in total. The number of halogens is 1. The second-order valence-corrected chi connectivity index (χ2v) is 5.70. The Morgan fingerprint density at radius 3 is 2.33 bits per heavy atom. The average Bonchev–Trinajstić information content (AvgIpc) is 2.63. The first kappa shape index (κ1) is 13.2. The predicted molar refractivity (Wildman–Crippen MR) is 79.2 cm³/mol. The van der Waals surface area contributed by atoms with Gasteiger partial charge in [0.1, 0.15) is 0 Å². The van der Waals surface area contributed by atoms with Crippen molar-refractivity contribution in [3.63, 3.8) is 0 Å². The molecule has 0 unspecified atom stereocenters. The van der Waals surface area contributed by atoms with Gasteiger partial charge in [0.2, 0.25) is 0 Å². The Labute approximate surface area is 116 Å². The summed E-state index contributed by atoms with van der Waals surface area (Å²) in [4.78, 5) is 0. The average molecular weight is 282 g/mol. The predicted octanol–water partition coefficient (Wildman–Crippen LogP) is 5.01. The van der Waals surface area contributed by atoms with Crippen LogP contribution < -0.4 is 10.5 Å². The van der Waals surface area contributed by atoms with Crippen LogP contribution in [0.5, 0.6) is 10.8 Å². The molecule has 4 heteroatoms. The van der Waals surface area contributed by atoms with Gasteiger partial charge in [-0.05, 0) is 55.8 Å². The Bertz CT molecular complexity index is 604. The Kier molecular flexibility index (Phi) is 3.55. The molecule has 0 saturated heterocycles. The molecule has 96 valence electrons. The number of nitrogen functional groups attached to an aromatic ring is 1. The quantitative estimate of drug-likeness (QED) is 0.785. The van der Waals surface area contributed by atoms with Gasteiger partial charge in [0.25, 0.3) is 0 Å². The van der Waals surface area contributed by atoms with Crippen LogP contribution in [-0.2, 0) is 0 Å². The van der Waals surface area contributed by atoms with E-state index in [0.717, 1.165) is 21.8 Å². The van der Waals surface area contributed by atoms with Gasteiger partial charge in [-0.3, -0.25) is 0 Å². The first-order valence-electron chi connectivity index (χ1n) is 5.69. The smallest absolute Gasteiger partial charge is 0.184 e. The number of hydrogen-bond donors (Lipinski definition) is 1. The summed E-state index contributed by atoms with van der Waals surface area (Å²) >= 11 is 7.90. The SMILES string of the molecule is Cc1csc(Oc2c(C)cc(N)c(C)c2Cl)c1C. The summed E-state index contributed by atoms with van der Waals surface area (Å²) in [5, 5.41) is 3.57. The molecule has 0 atom stereocenters. The van der Waals surface area contributed by atoms with Crippen LogP contribution in [0.1, 0.15) is 22.3 Å². The van der Waals surface area contributed by atoms with E-state index >= 15 is 0 Å². The third-order valence-corrected chi connectivity index (χ3v) is 4.66. The summed E-state index contributed by atoms with van der Waals surface area (Å²) in [5.74, 6) is 0.702. The highest BCUT2D eigenvalue weighted by Crippen LogP contribution is 2.41. The Hall–Kier alpha value is -1.19. The molecule has 0 radical (unpaired) electrons. The maximum atomic E-state index is 6.31. The van der Waals surface area contributed by atoms with Gasteiger partial charge in [-0.2, -0.15) is 0 Å². The minimum absolute atomic E-state index is 0.595. The van der Waals surface area contributed by atoms with E-state index in [0.29, 0.717) is 16.5 Å². The van der Waals surface area contributed by atoms with E-state index in [2.05, 4.69) is 19.2 Å². The van der Waals surface area contributed by atoms with Crippen LogP contribution in [0.3, 0.4) is 0 Å². The zero-order chi connectivity index (χ0) is 13.4. The van der Waals surface area contributed by atoms with E-state index in [1.54, 1.807) is 11.3 Å². The molecule has 1 aromatic carbocycles. The lowest BCUT2D eigenvalue weighted by molar-refractivity contribution is 0.489. The van der Waals surface area contributed by atoms with Crippen molar-refractivity contribution in [2.45, 2.75) is 27.7 Å². The molecule has 2 aromatic rings. The van der Waals surface area contributed by atoms with Crippen molar-refractivity contribution < 1.29 is 4.74 Å². The molecule has 1 aromatic heterocycles. The van der Waals surface area contributed by atoms with E-state index in [9.17, 15) is 0 Å². The molecule has 0 amide bonds. The number of ether oxygens (including phenoxy) is 1. The van der Waals surface area contributed by atoms with Gasteiger partial charge in [0.05, 0.1) is 5.02 Å². The lowest BCUT2D eigenvalue weighted by Gasteiger charge is -2.13. The third-order valence-electron chi connectivity index (χ3n) is 3.13. The van der Waals surface area contributed by atoms with Crippen molar-refractivity contribution in [3.8, 4) is 10.8 Å². The van der Waals surface area contributed by atoms with Crippen LogP contribution in [-0.4, -0.2) is 0 Å². The second-order valence-electron chi connectivity index (χ2n) is 4.48. The van der Waals surface area contributed by atoms with Gasteiger partial charge in [-0.25, -0.2) is 0 Å². The highest BCUT2D eigenvalue weighted by Gasteiger charge is 2.15. The maximum Gasteiger partial charge on any atom is 0.184 e. The molecular formula is C14H16ClNOS. The molecular weight excluding hydrogens is 266 g/mol. The molecule has 0 aliphatic heterocycles. The van der Waals surface area contributed by atoms with E-state index < -0.39 is 0 Å². The number of rotatable bonds is 2. The van der Waals surface area contributed by atoms with E-state index in [1.165, 1.54) is 5.56 Å². The van der Waals surface area contributed by atoms with E-state index in [-0.39, 0.29) is 0 Å². The summed E-state index contributed by atoms with van der Waals surface area (Å²) in [6.45, 7) is 7.97. The van der Waals surface area contributed by atoms with Crippen molar-refractivity contribution in [1.82, 2.24) is 0 Å². The van der Waals surface area contributed by atoms with Crippen molar-refractivity contribution in [2.75, 3.05) is 5.73 Å². The second kappa shape index (κ2) is 4.82. The standard InChI is InChI=1S/C14H16ClNOS/c1-7-5-11(16)10(4)12(15)13(7)17-14-9(3)8(2)6-18-14/h5-6H,16H2,1-4H3. The number of nitrogens with two attached hydrogens (primary N) is 1. The maximum absolute atomic E-state index is 6.31. The van der Waals surface area contributed by atoms with Gasteiger partial charge in [0, 0.05) is 11.3 Å². The normalized spacial score (nSPS) is 10.7. The monoisotopic (exact) mass is 281 g/mol. The molecule has 18 heavy (non-hydrogen) atoms. The lowest BCUT2D eigenvalue weighted by atomic mass is 10.1.